The highest BCUT2D eigenvalue weighted by Gasteiger charge is 2.59. The van der Waals surface area contributed by atoms with E-state index >= 15 is 0 Å². The van der Waals surface area contributed by atoms with Crippen molar-refractivity contribution in [3.05, 3.63) is 12.2 Å². The molecule has 4 bridgehead atoms. The summed E-state index contributed by atoms with van der Waals surface area (Å²) in [6, 6.07) is 0. The lowest BCUT2D eigenvalue weighted by Gasteiger charge is -2.60. The zero-order chi connectivity index (χ0) is 17.5. The maximum atomic E-state index is 12.4. The molecule has 0 N–H and O–H groups in total. The Morgan fingerprint density at radius 3 is 2.08 bits per heavy atom. The molecule has 0 unspecified atom stereocenters. The molecule has 0 aromatic heterocycles. The van der Waals surface area contributed by atoms with Crippen molar-refractivity contribution < 1.29 is 19.1 Å². The van der Waals surface area contributed by atoms with Crippen LogP contribution in [-0.4, -0.2) is 24.1 Å². The number of carbonyl (C=O) groups excluding carboxylic acids is 2. The molecule has 4 nitrogen and oxygen atoms in total. The lowest BCUT2D eigenvalue weighted by Crippen LogP contribution is -2.60. The maximum absolute atomic E-state index is 12.4. The van der Waals surface area contributed by atoms with Crippen LogP contribution in [0.25, 0.3) is 0 Å². The van der Waals surface area contributed by atoms with Gasteiger partial charge >= 0.3 is 11.9 Å². The van der Waals surface area contributed by atoms with Crippen molar-refractivity contribution in [3.8, 4) is 0 Å². The van der Waals surface area contributed by atoms with E-state index in [2.05, 4.69) is 20.4 Å². The highest BCUT2D eigenvalue weighted by molar-refractivity contribution is 5.88. The van der Waals surface area contributed by atoms with Crippen LogP contribution in [0.15, 0.2) is 12.2 Å². The predicted octanol–water partition coefficient (Wildman–Crippen LogP) is 3.89. The molecule has 0 saturated heterocycles. The van der Waals surface area contributed by atoms with Crippen LogP contribution in [0.2, 0.25) is 0 Å². The van der Waals surface area contributed by atoms with Gasteiger partial charge in [-0.1, -0.05) is 20.4 Å². The first-order valence-corrected chi connectivity index (χ1v) is 9.34. The average molecular weight is 334 g/mol. The van der Waals surface area contributed by atoms with E-state index in [1.807, 2.05) is 0 Å². The first kappa shape index (κ1) is 17.5. The van der Waals surface area contributed by atoms with Crippen LogP contribution in [0.1, 0.15) is 59.3 Å². The van der Waals surface area contributed by atoms with Gasteiger partial charge in [-0.25, -0.2) is 9.59 Å². The number of ether oxygens (including phenoxy) is 2. The number of carbonyl (C=O) groups is 2. The molecule has 4 saturated carbocycles. The molecule has 24 heavy (non-hydrogen) atoms. The third kappa shape index (κ3) is 3.25. The lowest BCUT2D eigenvalue weighted by atomic mass is 9.48. The van der Waals surface area contributed by atoms with E-state index in [0.29, 0.717) is 23.3 Å². The van der Waals surface area contributed by atoms with E-state index in [1.54, 1.807) is 6.92 Å². The van der Waals surface area contributed by atoms with Gasteiger partial charge in [0.25, 0.3) is 0 Å². The molecule has 0 aromatic carbocycles. The standard InChI is InChI=1S/C20H30O4/c1-12(2)10-20(24-18(21)11-23-19(22)13(3)4)16-6-14-5-15(8-16)9-17(20)7-14/h12,14-17H,3,5-11H2,1-2,4H3. The molecule has 0 atom stereocenters. The molecule has 4 heteroatoms. The number of rotatable bonds is 6. The maximum Gasteiger partial charge on any atom is 0.344 e. The molecule has 0 radical (unpaired) electrons. The summed E-state index contributed by atoms with van der Waals surface area (Å²) in [6.45, 7) is 9.19. The first-order chi connectivity index (χ1) is 11.3. The Kier molecular flexibility index (Phi) is 4.76. The summed E-state index contributed by atoms with van der Waals surface area (Å²) >= 11 is 0. The van der Waals surface area contributed by atoms with Gasteiger partial charge in [0, 0.05) is 5.57 Å². The van der Waals surface area contributed by atoms with Crippen molar-refractivity contribution in [2.24, 2.45) is 29.6 Å². The van der Waals surface area contributed by atoms with E-state index in [-0.39, 0.29) is 12.2 Å². The fraction of sp³-hybridized carbons (Fsp3) is 0.800. The van der Waals surface area contributed by atoms with Crippen molar-refractivity contribution in [2.45, 2.75) is 64.9 Å². The zero-order valence-corrected chi connectivity index (χ0v) is 15.2. The van der Waals surface area contributed by atoms with Crippen LogP contribution in [0.5, 0.6) is 0 Å². The van der Waals surface area contributed by atoms with E-state index < -0.39 is 11.9 Å². The van der Waals surface area contributed by atoms with Crippen LogP contribution < -0.4 is 0 Å². The number of esters is 2. The van der Waals surface area contributed by atoms with Gasteiger partial charge in [-0.2, -0.15) is 0 Å². The summed E-state index contributed by atoms with van der Waals surface area (Å²) < 4.78 is 11.1. The SMILES string of the molecule is C=C(C)C(=O)OCC(=O)OC1(CC(C)C)C2CC3CC(C2)CC1C3. The molecule has 4 rings (SSSR count). The van der Waals surface area contributed by atoms with E-state index in [9.17, 15) is 9.59 Å². The third-order valence-electron chi connectivity index (χ3n) is 6.22. The molecular formula is C20H30O4. The third-order valence-corrected chi connectivity index (χ3v) is 6.22. The summed E-state index contributed by atoms with van der Waals surface area (Å²) in [5.74, 6) is 2.16. The second-order valence-corrected chi connectivity index (χ2v) is 8.69. The van der Waals surface area contributed by atoms with E-state index in [4.69, 9.17) is 9.47 Å². The zero-order valence-electron chi connectivity index (χ0n) is 15.2. The van der Waals surface area contributed by atoms with Gasteiger partial charge in [-0.05, 0) is 75.0 Å². The molecule has 4 aliphatic carbocycles. The molecular weight excluding hydrogens is 304 g/mol. The van der Waals surface area contributed by atoms with Gasteiger partial charge in [-0.3, -0.25) is 0 Å². The smallest absolute Gasteiger partial charge is 0.344 e. The Morgan fingerprint density at radius 2 is 1.62 bits per heavy atom. The summed E-state index contributed by atoms with van der Waals surface area (Å²) in [6.07, 6.45) is 7.06. The van der Waals surface area contributed by atoms with E-state index in [1.165, 1.54) is 32.1 Å². The van der Waals surface area contributed by atoms with Crippen LogP contribution >= 0.6 is 0 Å². The van der Waals surface area contributed by atoms with Crippen molar-refractivity contribution in [1.29, 1.82) is 0 Å². The molecule has 0 amide bonds. The van der Waals surface area contributed by atoms with Crippen molar-refractivity contribution >= 4 is 11.9 Å². The fourth-order valence-electron chi connectivity index (χ4n) is 5.65. The second kappa shape index (κ2) is 6.53. The highest BCUT2D eigenvalue weighted by atomic mass is 16.6. The molecule has 134 valence electrons. The Hall–Kier alpha value is -1.32. The van der Waals surface area contributed by atoms with Crippen LogP contribution in [0.3, 0.4) is 0 Å². The van der Waals surface area contributed by atoms with Gasteiger partial charge in [0.1, 0.15) is 5.60 Å². The molecule has 0 aromatic rings. The van der Waals surface area contributed by atoms with Gasteiger partial charge in [-0.15, -0.1) is 0 Å². The van der Waals surface area contributed by atoms with Gasteiger partial charge in [0.05, 0.1) is 0 Å². The van der Waals surface area contributed by atoms with Crippen LogP contribution in [-0.2, 0) is 19.1 Å². The Labute approximate surface area is 145 Å². The Balaban J connectivity index is 1.71. The van der Waals surface area contributed by atoms with Crippen LogP contribution in [0, 0.1) is 29.6 Å². The second-order valence-electron chi connectivity index (χ2n) is 8.69. The first-order valence-electron chi connectivity index (χ1n) is 9.34. The minimum Gasteiger partial charge on any atom is -0.456 e. The highest BCUT2D eigenvalue weighted by Crippen LogP contribution is 2.61. The normalized spacial score (nSPS) is 36.7. The van der Waals surface area contributed by atoms with Gasteiger partial charge in [0.15, 0.2) is 6.61 Å². The summed E-state index contributed by atoms with van der Waals surface area (Å²) in [7, 11) is 0. The average Bonchev–Trinajstić information content (AvgIpc) is 2.48. The van der Waals surface area contributed by atoms with Gasteiger partial charge in [0.2, 0.25) is 0 Å². The molecule has 0 spiro atoms. The Bertz CT molecular complexity index is 506. The molecule has 0 aliphatic heterocycles. The predicted molar refractivity (Wildman–Crippen MR) is 91.1 cm³/mol. The quantitative estimate of drug-likeness (QED) is 0.546. The van der Waals surface area contributed by atoms with E-state index in [0.717, 1.165) is 18.3 Å². The van der Waals surface area contributed by atoms with Crippen molar-refractivity contribution in [3.63, 3.8) is 0 Å². The minimum absolute atomic E-state index is 0.300. The number of hydrogen-bond acceptors (Lipinski definition) is 4. The molecule has 4 aliphatic rings. The van der Waals surface area contributed by atoms with Crippen LogP contribution in [0.4, 0.5) is 0 Å². The number of hydrogen-bond donors (Lipinski definition) is 0. The van der Waals surface area contributed by atoms with Crippen molar-refractivity contribution in [2.75, 3.05) is 6.61 Å². The topological polar surface area (TPSA) is 52.6 Å². The largest absolute Gasteiger partial charge is 0.456 e. The minimum atomic E-state index is -0.532. The summed E-state index contributed by atoms with van der Waals surface area (Å²) in [4.78, 5) is 23.9. The monoisotopic (exact) mass is 334 g/mol. The molecule has 4 fully saturated rings. The van der Waals surface area contributed by atoms with Gasteiger partial charge < -0.3 is 9.47 Å². The summed E-state index contributed by atoms with van der Waals surface area (Å²) in [5.41, 5.74) is -0.0387. The summed E-state index contributed by atoms with van der Waals surface area (Å²) in [5, 5.41) is 0. The van der Waals surface area contributed by atoms with Crippen molar-refractivity contribution in [1.82, 2.24) is 0 Å². The lowest BCUT2D eigenvalue weighted by molar-refractivity contribution is -0.218. The molecule has 0 heterocycles. The fourth-order valence-corrected chi connectivity index (χ4v) is 5.65. The Morgan fingerprint density at radius 1 is 1.08 bits per heavy atom.